The lowest BCUT2D eigenvalue weighted by Crippen LogP contribution is -2.19. The lowest BCUT2D eigenvalue weighted by molar-refractivity contribution is 0.326. The summed E-state index contributed by atoms with van der Waals surface area (Å²) in [5.41, 5.74) is 13.9. The van der Waals surface area contributed by atoms with E-state index in [-0.39, 0.29) is 5.95 Å². The molecule has 1 atom stereocenters. The van der Waals surface area contributed by atoms with Crippen molar-refractivity contribution in [1.82, 2.24) is 34.6 Å². The van der Waals surface area contributed by atoms with Crippen LogP contribution in [0.2, 0.25) is 0 Å². The minimum absolute atomic E-state index is 0.151. The molecule has 4 heterocycles. The van der Waals surface area contributed by atoms with E-state index in [4.69, 9.17) is 11.5 Å². The molecule has 0 aliphatic carbocycles. The molecule has 1 unspecified atom stereocenters. The van der Waals surface area contributed by atoms with Gasteiger partial charge in [-0.3, -0.25) is 9.58 Å². The molecule has 5 N–H and O–H groups in total. The fraction of sp³-hybridized carbons (Fsp3) is 0.429. The molecule has 1 aliphatic rings. The van der Waals surface area contributed by atoms with Crippen molar-refractivity contribution in [3.05, 3.63) is 23.8 Å². The number of nitrogens with two attached hydrogens (primary N) is 2. The Labute approximate surface area is 132 Å². The summed E-state index contributed by atoms with van der Waals surface area (Å²) in [5, 5.41) is 4.21. The van der Waals surface area contributed by atoms with Crippen LogP contribution in [0.15, 0.2) is 12.4 Å². The zero-order valence-corrected chi connectivity index (χ0v) is 12.9. The van der Waals surface area contributed by atoms with E-state index in [1.165, 1.54) is 5.56 Å². The van der Waals surface area contributed by atoms with Gasteiger partial charge in [0.05, 0.1) is 6.20 Å². The number of anilines is 2. The Morgan fingerprint density at radius 3 is 2.96 bits per heavy atom. The molecule has 0 amide bonds. The van der Waals surface area contributed by atoms with Gasteiger partial charge < -0.3 is 16.5 Å². The molecule has 0 aromatic carbocycles. The van der Waals surface area contributed by atoms with Gasteiger partial charge in [-0.25, -0.2) is 4.98 Å². The Bertz CT molecular complexity index is 849. The molecular weight excluding hydrogens is 294 g/mol. The summed E-state index contributed by atoms with van der Waals surface area (Å²) in [7, 11) is 1.93. The smallest absolute Gasteiger partial charge is 0.224 e. The van der Waals surface area contributed by atoms with Gasteiger partial charge in [0.15, 0.2) is 11.5 Å². The third-order valence-electron chi connectivity index (χ3n) is 4.24. The van der Waals surface area contributed by atoms with E-state index in [0.717, 1.165) is 31.9 Å². The molecule has 9 nitrogen and oxygen atoms in total. The van der Waals surface area contributed by atoms with Gasteiger partial charge in [-0.1, -0.05) is 0 Å². The highest BCUT2D eigenvalue weighted by atomic mass is 15.2. The van der Waals surface area contributed by atoms with E-state index >= 15 is 0 Å². The predicted octanol–water partition coefficient (Wildman–Crippen LogP) is 0.240. The van der Waals surface area contributed by atoms with Crippen molar-refractivity contribution in [2.24, 2.45) is 7.05 Å². The first-order valence-electron chi connectivity index (χ1n) is 7.57. The highest BCUT2D eigenvalue weighted by Crippen LogP contribution is 2.28. The average molecular weight is 313 g/mol. The van der Waals surface area contributed by atoms with Gasteiger partial charge in [0, 0.05) is 37.8 Å². The molecule has 1 fully saturated rings. The van der Waals surface area contributed by atoms with Gasteiger partial charge in [0.25, 0.3) is 0 Å². The number of H-pyrrole nitrogens is 1. The van der Waals surface area contributed by atoms with Gasteiger partial charge in [0.1, 0.15) is 11.3 Å². The minimum atomic E-state index is 0.151. The van der Waals surface area contributed by atoms with E-state index < -0.39 is 0 Å². The Kier molecular flexibility index (Phi) is 3.15. The number of nitrogens with one attached hydrogen (secondary N) is 1. The fourth-order valence-electron chi connectivity index (χ4n) is 3.16. The van der Waals surface area contributed by atoms with Crippen molar-refractivity contribution in [2.45, 2.75) is 18.9 Å². The Morgan fingerprint density at radius 1 is 1.30 bits per heavy atom. The van der Waals surface area contributed by atoms with Crippen LogP contribution >= 0.6 is 0 Å². The molecular formula is C14H19N9. The van der Waals surface area contributed by atoms with Crippen molar-refractivity contribution >= 4 is 22.9 Å². The number of likely N-dealkylation sites (tertiary alicyclic amines) is 1. The standard InChI is InChI=1S/C14H19N9/c1-22-5-8(4-17-22)6-23-3-2-9(7-23)12-18-10-11(15)19-14(16)21-13(10)20-12/h4-5,9H,2-3,6-7H2,1H3,(H5,15,16,18,19,20,21). The van der Waals surface area contributed by atoms with Crippen LogP contribution in [0.1, 0.15) is 23.7 Å². The monoisotopic (exact) mass is 313 g/mol. The first-order valence-corrected chi connectivity index (χ1v) is 7.57. The zero-order valence-electron chi connectivity index (χ0n) is 12.9. The van der Waals surface area contributed by atoms with Crippen LogP contribution in [-0.4, -0.2) is 47.7 Å². The van der Waals surface area contributed by atoms with Crippen LogP contribution < -0.4 is 11.5 Å². The van der Waals surface area contributed by atoms with Gasteiger partial charge in [0.2, 0.25) is 5.95 Å². The maximum atomic E-state index is 5.88. The number of fused-ring (bicyclic) bond motifs is 1. The second-order valence-electron chi connectivity index (χ2n) is 6.03. The zero-order chi connectivity index (χ0) is 16.0. The predicted molar refractivity (Wildman–Crippen MR) is 86.4 cm³/mol. The molecule has 3 aromatic heterocycles. The Hall–Kier alpha value is -2.68. The quantitative estimate of drug-likeness (QED) is 0.632. The van der Waals surface area contributed by atoms with Crippen LogP contribution in [0.4, 0.5) is 11.8 Å². The highest BCUT2D eigenvalue weighted by Gasteiger charge is 2.27. The maximum absolute atomic E-state index is 5.88. The van der Waals surface area contributed by atoms with Crippen LogP contribution in [-0.2, 0) is 13.6 Å². The third-order valence-corrected chi connectivity index (χ3v) is 4.24. The van der Waals surface area contributed by atoms with Gasteiger partial charge >= 0.3 is 0 Å². The lowest BCUT2D eigenvalue weighted by atomic mass is 10.1. The molecule has 0 spiro atoms. The van der Waals surface area contributed by atoms with E-state index in [1.54, 1.807) is 0 Å². The third kappa shape index (κ3) is 2.59. The molecule has 0 bridgehead atoms. The number of aromatic nitrogens is 6. The average Bonchev–Trinajstić information content (AvgIpc) is 3.19. The van der Waals surface area contributed by atoms with Gasteiger partial charge in [-0.15, -0.1) is 0 Å². The number of imidazole rings is 1. The number of nitrogens with zero attached hydrogens (tertiary/aromatic N) is 6. The highest BCUT2D eigenvalue weighted by molar-refractivity contribution is 5.82. The van der Waals surface area contributed by atoms with E-state index in [1.807, 2.05) is 24.1 Å². The molecule has 9 heteroatoms. The number of hydrogen-bond acceptors (Lipinski definition) is 7. The van der Waals surface area contributed by atoms with Crippen LogP contribution in [0.5, 0.6) is 0 Å². The number of aromatic amines is 1. The second-order valence-corrected chi connectivity index (χ2v) is 6.03. The lowest BCUT2D eigenvalue weighted by Gasteiger charge is -2.13. The van der Waals surface area contributed by atoms with Crippen LogP contribution in [0.25, 0.3) is 11.2 Å². The first kappa shape index (κ1) is 13.9. The Balaban J connectivity index is 1.52. The Morgan fingerprint density at radius 2 is 2.17 bits per heavy atom. The topological polar surface area (TPSA) is 128 Å². The molecule has 23 heavy (non-hydrogen) atoms. The molecule has 1 aliphatic heterocycles. The van der Waals surface area contributed by atoms with Gasteiger partial charge in [-0.05, 0) is 13.0 Å². The van der Waals surface area contributed by atoms with Crippen molar-refractivity contribution in [3.63, 3.8) is 0 Å². The largest absolute Gasteiger partial charge is 0.382 e. The minimum Gasteiger partial charge on any atom is -0.382 e. The fourth-order valence-corrected chi connectivity index (χ4v) is 3.16. The summed E-state index contributed by atoms with van der Waals surface area (Å²) >= 11 is 0. The summed E-state index contributed by atoms with van der Waals surface area (Å²) in [6.07, 6.45) is 5.00. The molecule has 0 radical (unpaired) electrons. The van der Waals surface area contributed by atoms with Crippen LogP contribution in [0.3, 0.4) is 0 Å². The molecule has 0 saturated carbocycles. The van der Waals surface area contributed by atoms with Gasteiger partial charge in [-0.2, -0.15) is 15.1 Å². The second kappa shape index (κ2) is 5.20. The summed E-state index contributed by atoms with van der Waals surface area (Å²) in [5.74, 6) is 1.73. The summed E-state index contributed by atoms with van der Waals surface area (Å²) in [4.78, 5) is 18.3. The number of rotatable bonds is 3. The van der Waals surface area contributed by atoms with Crippen molar-refractivity contribution < 1.29 is 0 Å². The number of nitrogen functional groups attached to an aromatic ring is 2. The molecule has 4 rings (SSSR count). The SMILES string of the molecule is Cn1cc(CN2CCC(c3nc4nc(N)nc(N)c4[nH]3)C2)cn1. The van der Waals surface area contributed by atoms with Crippen molar-refractivity contribution in [3.8, 4) is 0 Å². The molecule has 1 saturated heterocycles. The van der Waals surface area contributed by atoms with E-state index in [0.29, 0.717) is 22.9 Å². The number of hydrogen-bond donors (Lipinski definition) is 3. The van der Waals surface area contributed by atoms with Crippen molar-refractivity contribution in [1.29, 1.82) is 0 Å². The molecule has 120 valence electrons. The molecule has 3 aromatic rings. The maximum Gasteiger partial charge on any atom is 0.224 e. The summed E-state index contributed by atoms with van der Waals surface area (Å²) < 4.78 is 1.83. The normalized spacial score (nSPS) is 18.9. The number of aryl methyl sites for hydroxylation is 1. The van der Waals surface area contributed by atoms with Crippen molar-refractivity contribution in [2.75, 3.05) is 24.6 Å². The van der Waals surface area contributed by atoms with Crippen LogP contribution in [0, 0.1) is 0 Å². The summed E-state index contributed by atoms with van der Waals surface area (Å²) in [6, 6.07) is 0. The summed E-state index contributed by atoms with van der Waals surface area (Å²) in [6.45, 7) is 2.87. The van der Waals surface area contributed by atoms with E-state index in [9.17, 15) is 0 Å². The first-order chi connectivity index (χ1) is 11.1. The van der Waals surface area contributed by atoms with E-state index in [2.05, 4.69) is 29.9 Å².